The summed E-state index contributed by atoms with van der Waals surface area (Å²) in [5.41, 5.74) is 0.339. The van der Waals surface area contributed by atoms with Gasteiger partial charge in [0.25, 0.3) is 5.91 Å². The molecule has 0 bridgehead atoms. The highest BCUT2D eigenvalue weighted by molar-refractivity contribution is 6.32. The number of hydrogen-bond donors (Lipinski definition) is 1. The normalized spacial score (nSPS) is 10.9. The standard InChI is InChI=1S/C25H24ClN3O6/c1-4-32-22-13-17(11-18(15-27)25(30)28-23-10-16(2)35-29-23)12-21(26)24(22)34-9-8-33-20-7-5-6-19(14-20)31-3/h5-7,10-14H,4,8-9H2,1-3H3,(H,28,29,30). The van der Waals surface area contributed by atoms with E-state index in [0.717, 1.165) is 0 Å². The van der Waals surface area contributed by atoms with Crippen LogP contribution in [0.1, 0.15) is 18.2 Å². The van der Waals surface area contributed by atoms with Crippen molar-refractivity contribution in [2.45, 2.75) is 13.8 Å². The van der Waals surface area contributed by atoms with Gasteiger partial charge in [0.15, 0.2) is 17.3 Å². The Bertz CT molecular complexity index is 1250. The molecule has 1 heterocycles. The Labute approximate surface area is 207 Å². The molecule has 3 rings (SSSR count). The van der Waals surface area contributed by atoms with Crippen LogP contribution < -0.4 is 24.3 Å². The van der Waals surface area contributed by atoms with Gasteiger partial charge in [-0.25, -0.2) is 0 Å². The zero-order chi connectivity index (χ0) is 25.2. The smallest absolute Gasteiger partial charge is 0.267 e. The largest absolute Gasteiger partial charge is 0.497 e. The first kappa shape index (κ1) is 25.5. The molecule has 0 radical (unpaired) electrons. The first-order valence-corrected chi connectivity index (χ1v) is 11.0. The summed E-state index contributed by atoms with van der Waals surface area (Å²) >= 11 is 6.45. The molecule has 0 aliphatic rings. The third-order valence-corrected chi connectivity index (χ3v) is 4.80. The van der Waals surface area contributed by atoms with Gasteiger partial charge in [0.1, 0.15) is 42.1 Å². The average Bonchev–Trinajstić information content (AvgIpc) is 3.26. The second-order valence-corrected chi connectivity index (χ2v) is 7.49. The van der Waals surface area contributed by atoms with Crippen molar-refractivity contribution >= 4 is 29.4 Å². The fourth-order valence-electron chi connectivity index (χ4n) is 2.99. The molecule has 3 aromatic rings. The second-order valence-electron chi connectivity index (χ2n) is 7.09. The van der Waals surface area contributed by atoms with Gasteiger partial charge in [-0.2, -0.15) is 5.26 Å². The van der Waals surface area contributed by atoms with E-state index in [1.165, 1.54) is 6.08 Å². The van der Waals surface area contributed by atoms with Crippen LogP contribution in [0.4, 0.5) is 5.82 Å². The third-order valence-electron chi connectivity index (χ3n) is 4.52. The Morgan fingerprint density at radius 3 is 2.63 bits per heavy atom. The number of anilines is 1. The van der Waals surface area contributed by atoms with Crippen molar-refractivity contribution < 1.29 is 28.3 Å². The number of benzene rings is 2. The lowest BCUT2D eigenvalue weighted by Crippen LogP contribution is -2.13. The van der Waals surface area contributed by atoms with E-state index in [1.54, 1.807) is 38.3 Å². The number of carbonyl (C=O) groups is 1. The van der Waals surface area contributed by atoms with Crippen LogP contribution in [0.5, 0.6) is 23.0 Å². The molecule has 9 nitrogen and oxygen atoms in total. The quantitative estimate of drug-likeness (QED) is 0.222. The number of amides is 1. The van der Waals surface area contributed by atoms with Crippen LogP contribution in [0.15, 0.2) is 52.6 Å². The van der Waals surface area contributed by atoms with Crippen molar-refractivity contribution in [2.75, 3.05) is 32.2 Å². The molecular formula is C25H24ClN3O6. The van der Waals surface area contributed by atoms with Crippen LogP contribution >= 0.6 is 11.6 Å². The maximum atomic E-state index is 12.5. The number of hydrogen-bond acceptors (Lipinski definition) is 8. The molecule has 10 heteroatoms. The Morgan fingerprint density at radius 1 is 1.17 bits per heavy atom. The highest BCUT2D eigenvalue weighted by Gasteiger charge is 2.16. The average molecular weight is 498 g/mol. The molecule has 0 unspecified atom stereocenters. The number of halogens is 1. The molecule has 0 saturated heterocycles. The minimum Gasteiger partial charge on any atom is -0.497 e. The van der Waals surface area contributed by atoms with Crippen molar-refractivity contribution in [1.82, 2.24) is 5.16 Å². The number of methoxy groups -OCH3 is 1. The summed E-state index contributed by atoms with van der Waals surface area (Å²) in [7, 11) is 1.59. The van der Waals surface area contributed by atoms with Gasteiger partial charge in [-0.15, -0.1) is 0 Å². The molecule has 0 fully saturated rings. The van der Waals surface area contributed by atoms with E-state index in [4.69, 9.17) is 35.1 Å². The number of nitriles is 1. The lowest BCUT2D eigenvalue weighted by atomic mass is 10.1. The number of nitrogens with zero attached hydrogens (tertiary/aromatic N) is 2. The van der Waals surface area contributed by atoms with E-state index in [0.29, 0.717) is 40.9 Å². The van der Waals surface area contributed by atoms with Crippen molar-refractivity contribution in [3.05, 3.63) is 64.4 Å². The number of aromatic nitrogens is 1. The van der Waals surface area contributed by atoms with E-state index >= 15 is 0 Å². The van der Waals surface area contributed by atoms with Crippen molar-refractivity contribution in [1.29, 1.82) is 5.26 Å². The van der Waals surface area contributed by atoms with Gasteiger partial charge in [-0.05, 0) is 49.8 Å². The molecule has 0 atom stereocenters. The van der Waals surface area contributed by atoms with Crippen LogP contribution in [0, 0.1) is 18.3 Å². The molecule has 182 valence electrons. The van der Waals surface area contributed by atoms with E-state index in [2.05, 4.69) is 10.5 Å². The van der Waals surface area contributed by atoms with E-state index in [9.17, 15) is 10.1 Å². The number of nitrogens with one attached hydrogen (secondary N) is 1. The second kappa shape index (κ2) is 12.3. The van der Waals surface area contributed by atoms with E-state index < -0.39 is 5.91 Å². The molecular weight excluding hydrogens is 474 g/mol. The van der Waals surface area contributed by atoms with Crippen LogP contribution in [0.25, 0.3) is 6.08 Å². The Hall–Kier alpha value is -4.16. The van der Waals surface area contributed by atoms with Crippen LogP contribution in [0.3, 0.4) is 0 Å². The number of aryl methyl sites for hydroxylation is 1. The van der Waals surface area contributed by atoms with Crippen molar-refractivity contribution in [2.24, 2.45) is 0 Å². The van der Waals surface area contributed by atoms with Gasteiger partial charge >= 0.3 is 0 Å². The minimum atomic E-state index is -0.634. The molecule has 0 aliphatic carbocycles. The van der Waals surface area contributed by atoms with Crippen LogP contribution in [-0.4, -0.2) is 38.0 Å². The van der Waals surface area contributed by atoms with Crippen LogP contribution in [-0.2, 0) is 4.79 Å². The van der Waals surface area contributed by atoms with E-state index in [1.807, 2.05) is 31.2 Å². The SMILES string of the molecule is CCOc1cc(C=C(C#N)C(=O)Nc2cc(C)on2)cc(Cl)c1OCCOc1cccc(OC)c1. The maximum Gasteiger partial charge on any atom is 0.267 e. The van der Waals surface area contributed by atoms with Crippen molar-refractivity contribution in [3.8, 4) is 29.1 Å². The fourth-order valence-corrected chi connectivity index (χ4v) is 3.27. The molecule has 0 spiro atoms. The topological polar surface area (TPSA) is 116 Å². The highest BCUT2D eigenvalue weighted by atomic mass is 35.5. The minimum absolute atomic E-state index is 0.149. The Kier molecular flexibility index (Phi) is 8.98. The molecule has 1 aromatic heterocycles. The van der Waals surface area contributed by atoms with Gasteiger partial charge in [0.2, 0.25) is 0 Å². The molecule has 1 amide bonds. The molecule has 0 saturated carbocycles. The summed E-state index contributed by atoms with van der Waals surface area (Å²) in [6.45, 7) is 4.33. The van der Waals surface area contributed by atoms with Crippen molar-refractivity contribution in [3.63, 3.8) is 0 Å². The Balaban J connectivity index is 1.71. The van der Waals surface area contributed by atoms with Gasteiger partial charge in [-0.1, -0.05) is 22.8 Å². The number of ether oxygens (including phenoxy) is 4. The predicted molar refractivity (Wildman–Crippen MR) is 130 cm³/mol. The Morgan fingerprint density at radius 2 is 1.94 bits per heavy atom. The fraction of sp³-hybridized carbons (Fsp3) is 0.240. The first-order chi connectivity index (χ1) is 16.9. The molecule has 2 aromatic carbocycles. The van der Waals surface area contributed by atoms with Gasteiger partial charge in [-0.3, -0.25) is 4.79 Å². The zero-order valence-corrected chi connectivity index (χ0v) is 20.2. The van der Waals surface area contributed by atoms with Crippen LogP contribution in [0.2, 0.25) is 5.02 Å². The van der Waals surface area contributed by atoms with Gasteiger partial charge < -0.3 is 28.8 Å². The lowest BCUT2D eigenvalue weighted by Gasteiger charge is -2.15. The lowest BCUT2D eigenvalue weighted by molar-refractivity contribution is -0.112. The number of rotatable bonds is 11. The molecule has 1 N–H and O–H groups in total. The molecule has 0 aliphatic heterocycles. The predicted octanol–water partition coefficient (Wildman–Crippen LogP) is 5.05. The molecule has 35 heavy (non-hydrogen) atoms. The summed E-state index contributed by atoms with van der Waals surface area (Å²) in [5.74, 6) is 2.15. The third kappa shape index (κ3) is 7.16. The summed E-state index contributed by atoms with van der Waals surface area (Å²) in [6, 6.07) is 13.9. The van der Waals surface area contributed by atoms with E-state index in [-0.39, 0.29) is 29.6 Å². The van der Waals surface area contributed by atoms with Gasteiger partial charge in [0, 0.05) is 12.1 Å². The highest BCUT2D eigenvalue weighted by Crippen LogP contribution is 2.37. The van der Waals surface area contributed by atoms with Gasteiger partial charge in [0.05, 0.1) is 18.7 Å². The monoisotopic (exact) mass is 497 g/mol. The summed E-state index contributed by atoms with van der Waals surface area (Å²) < 4.78 is 27.3. The summed E-state index contributed by atoms with van der Waals surface area (Å²) in [4.78, 5) is 12.5. The number of carbonyl (C=O) groups excluding carboxylic acids is 1. The summed E-state index contributed by atoms with van der Waals surface area (Å²) in [6.07, 6.45) is 1.40. The zero-order valence-electron chi connectivity index (χ0n) is 19.5. The summed E-state index contributed by atoms with van der Waals surface area (Å²) in [5, 5.41) is 15.9. The maximum absolute atomic E-state index is 12.5. The first-order valence-electron chi connectivity index (χ1n) is 10.7.